The number of hydrogen-bond donors (Lipinski definition) is 0. The van der Waals surface area contributed by atoms with Crippen LogP contribution in [0.2, 0.25) is 5.02 Å². The molecule has 2 aromatic rings. The molecule has 0 aliphatic rings. The van der Waals surface area contributed by atoms with Crippen molar-refractivity contribution in [1.82, 2.24) is 0 Å². The Bertz CT molecular complexity index is 608. The van der Waals surface area contributed by atoms with Gasteiger partial charge in [0.25, 0.3) is 0 Å². The van der Waals surface area contributed by atoms with Crippen molar-refractivity contribution in [1.29, 1.82) is 0 Å². The SMILES string of the molecule is O=Cc1cccc(OC(=O)COc2ccc(Cl)cc2)c1. The van der Waals surface area contributed by atoms with Crippen LogP contribution >= 0.6 is 11.6 Å². The molecule has 0 heterocycles. The van der Waals surface area contributed by atoms with Crippen LogP contribution in [0.4, 0.5) is 0 Å². The van der Waals surface area contributed by atoms with Crippen LogP contribution in [0.15, 0.2) is 48.5 Å². The summed E-state index contributed by atoms with van der Waals surface area (Å²) in [6, 6.07) is 13.0. The van der Waals surface area contributed by atoms with E-state index in [2.05, 4.69) is 0 Å². The summed E-state index contributed by atoms with van der Waals surface area (Å²) in [6.07, 6.45) is 0.682. The van der Waals surface area contributed by atoms with Crippen molar-refractivity contribution in [2.75, 3.05) is 6.61 Å². The first-order valence-electron chi connectivity index (χ1n) is 5.81. The minimum absolute atomic E-state index is 0.229. The van der Waals surface area contributed by atoms with Crippen LogP contribution in [0.25, 0.3) is 0 Å². The second kappa shape index (κ2) is 6.73. The van der Waals surface area contributed by atoms with Gasteiger partial charge in [0, 0.05) is 10.6 Å². The van der Waals surface area contributed by atoms with Crippen LogP contribution in [0.1, 0.15) is 10.4 Å². The minimum Gasteiger partial charge on any atom is -0.482 e. The van der Waals surface area contributed by atoms with Gasteiger partial charge in [0.1, 0.15) is 17.8 Å². The molecule has 0 aliphatic carbocycles. The molecular formula is C15H11ClO4. The van der Waals surface area contributed by atoms with E-state index in [0.717, 1.165) is 0 Å². The minimum atomic E-state index is -0.553. The normalized spacial score (nSPS) is 9.85. The fourth-order valence-electron chi connectivity index (χ4n) is 1.49. The van der Waals surface area contributed by atoms with E-state index < -0.39 is 5.97 Å². The predicted octanol–water partition coefficient (Wildman–Crippen LogP) is 3.14. The zero-order valence-electron chi connectivity index (χ0n) is 10.4. The summed E-state index contributed by atoms with van der Waals surface area (Å²) < 4.78 is 10.3. The molecule has 0 radical (unpaired) electrons. The highest BCUT2D eigenvalue weighted by atomic mass is 35.5. The molecule has 0 saturated heterocycles. The fraction of sp³-hybridized carbons (Fsp3) is 0.0667. The summed E-state index contributed by atoms with van der Waals surface area (Å²) in [5, 5.41) is 0.589. The first-order chi connectivity index (χ1) is 9.67. The molecule has 0 saturated carbocycles. The Morgan fingerprint density at radius 2 is 1.85 bits per heavy atom. The largest absolute Gasteiger partial charge is 0.482 e. The number of carbonyl (C=O) groups is 2. The first kappa shape index (κ1) is 14.1. The van der Waals surface area contributed by atoms with Gasteiger partial charge in [-0.3, -0.25) is 4.79 Å². The highest BCUT2D eigenvalue weighted by Gasteiger charge is 2.06. The molecule has 5 heteroatoms. The first-order valence-corrected chi connectivity index (χ1v) is 6.19. The van der Waals surface area contributed by atoms with Gasteiger partial charge < -0.3 is 9.47 Å². The molecule has 2 aromatic carbocycles. The Morgan fingerprint density at radius 3 is 2.55 bits per heavy atom. The summed E-state index contributed by atoms with van der Waals surface area (Å²) in [6.45, 7) is -0.229. The number of halogens is 1. The lowest BCUT2D eigenvalue weighted by molar-refractivity contribution is -0.136. The van der Waals surface area contributed by atoms with Gasteiger partial charge >= 0.3 is 5.97 Å². The van der Waals surface area contributed by atoms with Crippen LogP contribution in [0.5, 0.6) is 11.5 Å². The summed E-state index contributed by atoms with van der Waals surface area (Å²) in [5.74, 6) is 0.273. The van der Waals surface area contributed by atoms with E-state index >= 15 is 0 Å². The predicted molar refractivity (Wildman–Crippen MR) is 74.4 cm³/mol. The van der Waals surface area contributed by atoms with Gasteiger partial charge in [0.2, 0.25) is 0 Å². The molecular weight excluding hydrogens is 280 g/mol. The van der Waals surface area contributed by atoms with Crippen LogP contribution in [-0.2, 0) is 4.79 Å². The molecule has 0 unspecified atom stereocenters. The van der Waals surface area contributed by atoms with Crippen molar-refractivity contribution >= 4 is 23.9 Å². The average molecular weight is 291 g/mol. The molecule has 0 aliphatic heterocycles. The van der Waals surface area contributed by atoms with Gasteiger partial charge in [-0.25, -0.2) is 4.79 Å². The van der Waals surface area contributed by atoms with Gasteiger partial charge in [-0.15, -0.1) is 0 Å². The highest BCUT2D eigenvalue weighted by Crippen LogP contribution is 2.16. The molecule has 0 bridgehead atoms. The quantitative estimate of drug-likeness (QED) is 0.482. The molecule has 0 atom stereocenters. The lowest BCUT2D eigenvalue weighted by Crippen LogP contribution is -2.17. The highest BCUT2D eigenvalue weighted by molar-refractivity contribution is 6.30. The van der Waals surface area contributed by atoms with E-state index in [0.29, 0.717) is 28.4 Å². The van der Waals surface area contributed by atoms with E-state index in [4.69, 9.17) is 21.1 Å². The van der Waals surface area contributed by atoms with Crippen LogP contribution < -0.4 is 9.47 Å². The Labute approximate surface area is 120 Å². The number of hydrogen-bond acceptors (Lipinski definition) is 4. The fourth-order valence-corrected chi connectivity index (χ4v) is 1.61. The molecule has 0 N–H and O–H groups in total. The smallest absolute Gasteiger partial charge is 0.349 e. The third kappa shape index (κ3) is 4.10. The summed E-state index contributed by atoms with van der Waals surface area (Å²) >= 11 is 5.73. The standard InChI is InChI=1S/C15H11ClO4/c16-12-4-6-13(7-5-12)19-10-15(18)20-14-3-1-2-11(8-14)9-17/h1-9H,10H2. The molecule has 102 valence electrons. The van der Waals surface area contributed by atoms with Crippen molar-refractivity contribution in [3.8, 4) is 11.5 Å². The van der Waals surface area contributed by atoms with E-state index in [-0.39, 0.29) is 6.61 Å². The number of ether oxygens (including phenoxy) is 2. The number of carbonyl (C=O) groups excluding carboxylic acids is 2. The lowest BCUT2D eigenvalue weighted by Gasteiger charge is -2.07. The van der Waals surface area contributed by atoms with Gasteiger partial charge in [-0.1, -0.05) is 23.7 Å². The topological polar surface area (TPSA) is 52.6 Å². The average Bonchev–Trinajstić information content (AvgIpc) is 2.47. The Morgan fingerprint density at radius 1 is 1.10 bits per heavy atom. The zero-order valence-corrected chi connectivity index (χ0v) is 11.2. The van der Waals surface area contributed by atoms with E-state index in [1.807, 2.05) is 0 Å². The van der Waals surface area contributed by atoms with Gasteiger partial charge in [-0.05, 0) is 36.4 Å². The summed E-state index contributed by atoms with van der Waals surface area (Å²) in [7, 11) is 0. The Kier molecular flexibility index (Phi) is 4.74. The van der Waals surface area contributed by atoms with Crippen molar-refractivity contribution < 1.29 is 19.1 Å². The second-order valence-corrected chi connectivity index (χ2v) is 4.34. The molecule has 0 fully saturated rings. The van der Waals surface area contributed by atoms with E-state index in [9.17, 15) is 9.59 Å². The molecule has 4 nitrogen and oxygen atoms in total. The molecule has 0 aromatic heterocycles. The number of esters is 1. The summed E-state index contributed by atoms with van der Waals surface area (Å²) in [5.41, 5.74) is 0.439. The van der Waals surface area contributed by atoms with Crippen molar-refractivity contribution in [3.63, 3.8) is 0 Å². The maximum Gasteiger partial charge on any atom is 0.349 e. The van der Waals surface area contributed by atoms with E-state index in [1.54, 1.807) is 42.5 Å². The maximum atomic E-state index is 11.6. The monoisotopic (exact) mass is 290 g/mol. The molecule has 2 rings (SSSR count). The van der Waals surface area contributed by atoms with Crippen molar-refractivity contribution in [3.05, 3.63) is 59.1 Å². The number of aldehydes is 1. The number of rotatable bonds is 5. The second-order valence-electron chi connectivity index (χ2n) is 3.91. The van der Waals surface area contributed by atoms with Crippen LogP contribution in [0.3, 0.4) is 0 Å². The van der Waals surface area contributed by atoms with Gasteiger partial charge in [-0.2, -0.15) is 0 Å². The van der Waals surface area contributed by atoms with Gasteiger partial charge in [0.15, 0.2) is 6.61 Å². The maximum absolute atomic E-state index is 11.6. The number of benzene rings is 2. The van der Waals surface area contributed by atoms with Crippen LogP contribution in [0, 0.1) is 0 Å². The Hall–Kier alpha value is -2.33. The summed E-state index contributed by atoms with van der Waals surface area (Å²) in [4.78, 5) is 22.2. The van der Waals surface area contributed by atoms with Crippen molar-refractivity contribution in [2.24, 2.45) is 0 Å². The zero-order chi connectivity index (χ0) is 14.4. The molecule has 20 heavy (non-hydrogen) atoms. The molecule has 0 spiro atoms. The van der Waals surface area contributed by atoms with Gasteiger partial charge in [0.05, 0.1) is 0 Å². The van der Waals surface area contributed by atoms with Crippen molar-refractivity contribution in [2.45, 2.75) is 0 Å². The Balaban J connectivity index is 1.88. The van der Waals surface area contributed by atoms with E-state index in [1.165, 1.54) is 6.07 Å². The third-order valence-electron chi connectivity index (χ3n) is 2.40. The molecule has 0 amide bonds. The van der Waals surface area contributed by atoms with Crippen LogP contribution in [-0.4, -0.2) is 18.9 Å². The third-order valence-corrected chi connectivity index (χ3v) is 2.65. The lowest BCUT2D eigenvalue weighted by atomic mass is 10.2.